The molecular formula is C16H14N2O. The maximum atomic E-state index is 11.8. The van der Waals surface area contributed by atoms with Gasteiger partial charge in [-0.25, -0.2) is 0 Å². The molecule has 3 rings (SSSR count). The third-order valence-corrected chi connectivity index (χ3v) is 3.22. The molecule has 1 heterocycles. The molecule has 0 aliphatic carbocycles. The molecule has 0 amide bonds. The Morgan fingerprint density at radius 2 is 1.68 bits per heavy atom. The Hall–Kier alpha value is -2.55. The molecule has 0 unspecified atom stereocenters. The normalized spacial score (nSPS) is 10.7. The highest BCUT2D eigenvalue weighted by atomic mass is 16.1. The van der Waals surface area contributed by atoms with Crippen LogP contribution in [-0.2, 0) is 6.54 Å². The standard InChI is InChI=1S/C16H14N2O/c17-13-7-5-12(6-8-13)11-18-10-9-16(19)14-3-1-2-4-15(14)18/h1-10H,11,17H2. The van der Waals surface area contributed by atoms with Gasteiger partial charge in [-0.2, -0.15) is 0 Å². The molecule has 3 heteroatoms. The number of hydrogen-bond acceptors (Lipinski definition) is 2. The molecule has 0 fully saturated rings. The van der Waals surface area contributed by atoms with E-state index in [1.54, 1.807) is 6.07 Å². The SMILES string of the molecule is Nc1ccc(Cn2ccc(=O)c3ccccc32)cc1. The Kier molecular flexibility index (Phi) is 2.80. The van der Waals surface area contributed by atoms with Gasteiger partial charge in [-0.15, -0.1) is 0 Å². The molecule has 0 saturated carbocycles. The van der Waals surface area contributed by atoms with E-state index in [1.807, 2.05) is 54.7 Å². The minimum absolute atomic E-state index is 0.0594. The summed E-state index contributed by atoms with van der Waals surface area (Å²) in [6.45, 7) is 0.723. The van der Waals surface area contributed by atoms with Crippen molar-refractivity contribution in [2.24, 2.45) is 0 Å². The number of anilines is 1. The molecule has 0 aliphatic rings. The van der Waals surface area contributed by atoms with Crippen LogP contribution in [0.3, 0.4) is 0 Å². The summed E-state index contributed by atoms with van der Waals surface area (Å²) >= 11 is 0. The van der Waals surface area contributed by atoms with Gasteiger partial charge in [0.2, 0.25) is 0 Å². The van der Waals surface area contributed by atoms with Crippen molar-refractivity contribution in [2.45, 2.75) is 6.54 Å². The van der Waals surface area contributed by atoms with Crippen LogP contribution in [0.4, 0.5) is 5.69 Å². The second kappa shape index (κ2) is 4.61. The fourth-order valence-corrected chi connectivity index (χ4v) is 2.22. The Bertz CT molecular complexity index is 773. The van der Waals surface area contributed by atoms with E-state index in [0.29, 0.717) is 0 Å². The predicted molar refractivity (Wildman–Crippen MR) is 78.2 cm³/mol. The van der Waals surface area contributed by atoms with Crippen LogP contribution < -0.4 is 11.2 Å². The van der Waals surface area contributed by atoms with E-state index in [2.05, 4.69) is 4.57 Å². The lowest BCUT2D eigenvalue weighted by Gasteiger charge is -2.10. The Labute approximate surface area is 110 Å². The van der Waals surface area contributed by atoms with Crippen molar-refractivity contribution in [3.63, 3.8) is 0 Å². The fraction of sp³-hybridized carbons (Fsp3) is 0.0625. The number of benzene rings is 2. The van der Waals surface area contributed by atoms with Gasteiger partial charge in [0.15, 0.2) is 5.43 Å². The number of pyridine rings is 1. The van der Waals surface area contributed by atoms with E-state index in [-0.39, 0.29) is 5.43 Å². The molecule has 2 N–H and O–H groups in total. The summed E-state index contributed by atoms with van der Waals surface area (Å²) in [6, 6.07) is 17.0. The van der Waals surface area contributed by atoms with Crippen LogP contribution in [0, 0.1) is 0 Å². The molecule has 0 atom stereocenters. The molecule has 3 nitrogen and oxygen atoms in total. The predicted octanol–water partition coefficient (Wildman–Crippen LogP) is 2.63. The first-order chi connectivity index (χ1) is 9.24. The first-order valence-electron chi connectivity index (χ1n) is 6.17. The molecular weight excluding hydrogens is 236 g/mol. The number of rotatable bonds is 2. The van der Waals surface area contributed by atoms with Gasteiger partial charge < -0.3 is 10.3 Å². The van der Waals surface area contributed by atoms with E-state index in [1.165, 1.54) is 0 Å². The van der Waals surface area contributed by atoms with Gasteiger partial charge in [-0.3, -0.25) is 4.79 Å². The second-order valence-corrected chi connectivity index (χ2v) is 4.57. The largest absolute Gasteiger partial charge is 0.399 e. The van der Waals surface area contributed by atoms with Crippen molar-refractivity contribution in [3.05, 3.63) is 76.6 Å². The summed E-state index contributed by atoms with van der Waals surface area (Å²) in [7, 11) is 0. The number of nitrogens with two attached hydrogens (primary N) is 1. The van der Waals surface area contributed by atoms with E-state index in [4.69, 9.17) is 5.73 Å². The van der Waals surface area contributed by atoms with Crippen LogP contribution in [0.1, 0.15) is 5.56 Å². The second-order valence-electron chi connectivity index (χ2n) is 4.57. The zero-order valence-corrected chi connectivity index (χ0v) is 10.4. The van der Waals surface area contributed by atoms with Gasteiger partial charge in [0, 0.05) is 29.9 Å². The monoisotopic (exact) mass is 250 g/mol. The lowest BCUT2D eigenvalue weighted by atomic mass is 10.1. The highest BCUT2D eigenvalue weighted by Crippen LogP contribution is 2.13. The van der Waals surface area contributed by atoms with Crippen molar-refractivity contribution in [3.8, 4) is 0 Å². The molecule has 0 aliphatic heterocycles. The Morgan fingerprint density at radius 1 is 0.947 bits per heavy atom. The third-order valence-electron chi connectivity index (χ3n) is 3.22. The molecule has 0 bridgehead atoms. The molecule has 19 heavy (non-hydrogen) atoms. The number of nitrogen functional groups attached to an aromatic ring is 1. The lowest BCUT2D eigenvalue weighted by molar-refractivity contribution is 0.826. The van der Waals surface area contributed by atoms with Crippen molar-refractivity contribution in [1.29, 1.82) is 0 Å². The summed E-state index contributed by atoms with van der Waals surface area (Å²) in [5.74, 6) is 0. The number of aromatic nitrogens is 1. The highest BCUT2D eigenvalue weighted by Gasteiger charge is 2.02. The lowest BCUT2D eigenvalue weighted by Crippen LogP contribution is -2.08. The van der Waals surface area contributed by atoms with Gasteiger partial charge in [-0.1, -0.05) is 24.3 Å². The molecule has 3 aromatic rings. The Balaban J connectivity index is 2.08. The summed E-state index contributed by atoms with van der Waals surface area (Å²) < 4.78 is 2.07. The van der Waals surface area contributed by atoms with E-state index < -0.39 is 0 Å². The smallest absolute Gasteiger partial charge is 0.189 e. The number of para-hydroxylation sites is 1. The molecule has 0 spiro atoms. The van der Waals surface area contributed by atoms with Crippen molar-refractivity contribution in [2.75, 3.05) is 5.73 Å². The van der Waals surface area contributed by atoms with Gasteiger partial charge >= 0.3 is 0 Å². The van der Waals surface area contributed by atoms with Gasteiger partial charge in [0.05, 0.1) is 5.52 Å². The summed E-state index contributed by atoms with van der Waals surface area (Å²) in [5.41, 5.74) is 8.61. The average Bonchev–Trinajstić information content (AvgIpc) is 2.45. The highest BCUT2D eigenvalue weighted by molar-refractivity contribution is 5.78. The van der Waals surface area contributed by atoms with E-state index in [9.17, 15) is 4.79 Å². The molecule has 0 radical (unpaired) electrons. The minimum atomic E-state index is 0.0594. The Morgan fingerprint density at radius 3 is 2.47 bits per heavy atom. The number of fused-ring (bicyclic) bond motifs is 1. The number of nitrogens with zero attached hydrogens (tertiary/aromatic N) is 1. The van der Waals surface area contributed by atoms with Crippen molar-refractivity contribution < 1.29 is 0 Å². The number of hydrogen-bond donors (Lipinski definition) is 1. The van der Waals surface area contributed by atoms with Gasteiger partial charge in [0.1, 0.15) is 0 Å². The zero-order chi connectivity index (χ0) is 13.2. The first kappa shape index (κ1) is 11.5. The average molecular weight is 250 g/mol. The summed E-state index contributed by atoms with van der Waals surface area (Å²) in [5, 5.41) is 0.750. The van der Waals surface area contributed by atoms with Crippen LogP contribution in [0.25, 0.3) is 10.9 Å². The fourth-order valence-electron chi connectivity index (χ4n) is 2.22. The van der Waals surface area contributed by atoms with Crippen LogP contribution in [0.2, 0.25) is 0 Å². The van der Waals surface area contributed by atoms with Crippen molar-refractivity contribution in [1.82, 2.24) is 4.57 Å². The first-order valence-corrected chi connectivity index (χ1v) is 6.17. The maximum absolute atomic E-state index is 11.8. The summed E-state index contributed by atoms with van der Waals surface area (Å²) in [4.78, 5) is 11.8. The topological polar surface area (TPSA) is 48.0 Å². The van der Waals surface area contributed by atoms with Crippen LogP contribution in [-0.4, -0.2) is 4.57 Å². The van der Waals surface area contributed by atoms with Crippen LogP contribution in [0.5, 0.6) is 0 Å². The van der Waals surface area contributed by atoms with E-state index >= 15 is 0 Å². The van der Waals surface area contributed by atoms with Crippen LogP contribution >= 0.6 is 0 Å². The maximum Gasteiger partial charge on any atom is 0.189 e. The molecule has 1 aromatic heterocycles. The van der Waals surface area contributed by atoms with Crippen molar-refractivity contribution >= 4 is 16.6 Å². The van der Waals surface area contributed by atoms with Gasteiger partial charge in [-0.05, 0) is 29.8 Å². The molecule has 2 aromatic carbocycles. The summed E-state index contributed by atoms with van der Waals surface area (Å²) in [6.07, 6.45) is 1.83. The minimum Gasteiger partial charge on any atom is -0.399 e. The van der Waals surface area contributed by atoms with Crippen LogP contribution in [0.15, 0.2) is 65.6 Å². The van der Waals surface area contributed by atoms with Gasteiger partial charge in [0.25, 0.3) is 0 Å². The molecule has 0 saturated heterocycles. The van der Waals surface area contributed by atoms with E-state index in [0.717, 1.165) is 28.7 Å². The zero-order valence-electron chi connectivity index (χ0n) is 10.4. The quantitative estimate of drug-likeness (QED) is 0.711. The third kappa shape index (κ3) is 2.22. The molecule has 94 valence electrons.